The molecule has 0 bridgehead atoms. The predicted octanol–water partition coefficient (Wildman–Crippen LogP) is 13.6. The molecule has 10 nitrogen and oxygen atoms in total. The number of hydrogen-bond donors (Lipinski definition) is 4. The van der Waals surface area contributed by atoms with Crippen LogP contribution < -0.4 is 10.6 Å². The molecule has 1 aliphatic rings. The average molecular weight is 814 g/mol. The number of azo groups is 2. The van der Waals surface area contributed by atoms with Gasteiger partial charge in [-0.05, 0) is 100 Å². The third kappa shape index (κ3) is 7.23. The van der Waals surface area contributed by atoms with Gasteiger partial charge < -0.3 is 20.8 Å². The van der Waals surface area contributed by atoms with Crippen molar-refractivity contribution < 1.29 is 19.8 Å². The second kappa shape index (κ2) is 15.5. The fraction of sp³-hybridized carbons (Fsp3) is 0.0213. The first-order chi connectivity index (χ1) is 28.7. The Bertz CT molecular complexity index is 2890. The lowest BCUT2D eigenvalue weighted by molar-refractivity contribution is 0.101. The summed E-state index contributed by atoms with van der Waals surface area (Å²) in [6, 6.07) is 43.1. The molecule has 0 saturated carbocycles. The molecule has 1 aliphatic carbocycles. The maximum atomic E-state index is 13.4. The smallest absolute Gasteiger partial charge is 0.259 e. The Morgan fingerprint density at radius 1 is 0.492 bits per heavy atom. The van der Waals surface area contributed by atoms with Crippen LogP contribution in [0.5, 0.6) is 11.5 Å². The molecule has 9 rings (SSSR count). The van der Waals surface area contributed by atoms with Gasteiger partial charge in [0.25, 0.3) is 11.8 Å². The van der Waals surface area contributed by atoms with E-state index in [1.165, 1.54) is 0 Å². The van der Waals surface area contributed by atoms with Crippen LogP contribution in [0.1, 0.15) is 31.8 Å². The minimum atomic E-state index is -0.539. The van der Waals surface area contributed by atoms with E-state index in [4.69, 9.17) is 23.2 Å². The molecular formula is C47H30Cl2N6O4. The highest BCUT2D eigenvalue weighted by Crippen LogP contribution is 2.44. The second-order valence-electron chi connectivity index (χ2n) is 13.8. The van der Waals surface area contributed by atoms with Crippen LogP contribution in [-0.2, 0) is 6.42 Å². The molecule has 0 atom stereocenters. The van der Waals surface area contributed by atoms with E-state index < -0.39 is 11.8 Å². The summed E-state index contributed by atoms with van der Waals surface area (Å²) in [5.74, 6) is -1.69. The van der Waals surface area contributed by atoms with Gasteiger partial charge in [-0.25, -0.2) is 0 Å². The van der Waals surface area contributed by atoms with Crippen LogP contribution in [-0.4, -0.2) is 22.0 Å². The molecule has 8 aromatic carbocycles. The number of nitrogens with one attached hydrogen (secondary N) is 2. The number of amides is 2. The van der Waals surface area contributed by atoms with Gasteiger partial charge in [0, 0.05) is 10.8 Å². The number of phenolic OH excluding ortho intramolecular Hbond substituents is 2. The Labute approximate surface area is 347 Å². The minimum absolute atomic E-state index is 0.0324. The topological polar surface area (TPSA) is 148 Å². The molecule has 0 spiro atoms. The van der Waals surface area contributed by atoms with E-state index in [1.807, 2.05) is 84.9 Å². The molecule has 0 aromatic heterocycles. The number of benzene rings is 8. The van der Waals surface area contributed by atoms with Gasteiger partial charge >= 0.3 is 0 Å². The van der Waals surface area contributed by atoms with E-state index in [2.05, 4.69) is 31.1 Å². The number of phenols is 2. The first-order valence-corrected chi connectivity index (χ1v) is 19.2. The highest BCUT2D eigenvalue weighted by molar-refractivity contribution is 6.34. The van der Waals surface area contributed by atoms with Crippen LogP contribution in [0.15, 0.2) is 166 Å². The molecule has 2 amide bonds. The van der Waals surface area contributed by atoms with Crippen LogP contribution in [0.4, 0.5) is 34.1 Å². The van der Waals surface area contributed by atoms with E-state index >= 15 is 0 Å². The van der Waals surface area contributed by atoms with Crippen LogP contribution >= 0.6 is 23.2 Å². The maximum Gasteiger partial charge on any atom is 0.259 e. The van der Waals surface area contributed by atoms with Crippen molar-refractivity contribution in [1.82, 2.24) is 0 Å². The van der Waals surface area contributed by atoms with Gasteiger partial charge in [-0.15, -0.1) is 10.2 Å². The molecular weight excluding hydrogens is 783 g/mol. The number of aromatic hydroxyl groups is 2. The fourth-order valence-electron chi connectivity index (χ4n) is 7.21. The van der Waals surface area contributed by atoms with E-state index in [9.17, 15) is 19.8 Å². The minimum Gasteiger partial charge on any atom is -0.505 e. The summed E-state index contributed by atoms with van der Waals surface area (Å²) < 4.78 is 0. The van der Waals surface area contributed by atoms with Gasteiger partial charge in [0.1, 0.15) is 11.4 Å². The Kier molecular flexibility index (Phi) is 9.77. The van der Waals surface area contributed by atoms with Gasteiger partial charge in [-0.1, -0.05) is 108 Å². The van der Waals surface area contributed by atoms with Crippen LogP contribution in [0, 0.1) is 0 Å². The lowest BCUT2D eigenvalue weighted by Crippen LogP contribution is -2.12. The van der Waals surface area contributed by atoms with Crippen molar-refractivity contribution >= 4 is 90.7 Å². The highest BCUT2D eigenvalue weighted by Gasteiger charge is 2.23. The zero-order chi connectivity index (χ0) is 40.6. The lowest BCUT2D eigenvalue weighted by Gasteiger charge is -2.12. The Hall–Kier alpha value is -7.40. The summed E-state index contributed by atoms with van der Waals surface area (Å²) in [6.45, 7) is 0. The van der Waals surface area contributed by atoms with Gasteiger partial charge in [0.05, 0.1) is 43.9 Å². The van der Waals surface area contributed by atoms with Crippen molar-refractivity contribution in [3.05, 3.63) is 178 Å². The summed E-state index contributed by atoms with van der Waals surface area (Å²) in [4.78, 5) is 26.7. The zero-order valence-electron chi connectivity index (χ0n) is 30.8. The van der Waals surface area contributed by atoms with Crippen molar-refractivity contribution in [3.8, 4) is 22.6 Å². The molecule has 0 saturated heterocycles. The van der Waals surface area contributed by atoms with Gasteiger partial charge in [0.2, 0.25) is 0 Å². The van der Waals surface area contributed by atoms with Crippen LogP contribution in [0.2, 0.25) is 10.0 Å². The summed E-state index contributed by atoms with van der Waals surface area (Å²) in [5, 5.41) is 49.6. The molecule has 4 N–H and O–H groups in total. The van der Waals surface area contributed by atoms with E-state index in [0.29, 0.717) is 60.8 Å². The molecule has 286 valence electrons. The molecule has 0 aliphatic heterocycles. The van der Waals surface area contributed by atoms with Crippen molar-refractivity contribution in [2.24, 2.45) is 20.5 Å². The molecule has 0 fully saturated rings. The Morgan fingerprint density at radius 2 is 0.898 bits per heavy atom. The van der Waals surface area contributed by atoms with Gasteiger partial charge in [-0.3, -0.25) is 9.59 Å². The Balaban J connectivity index is 0.976. The van der Waals surface area contributed by atoms with Crippen LogP contribution in [0.3, 0.4) is 0 Å². The number of para-hydroxylation sites is 2. The molecule has 0 heterocycles. The normalized spacial score (nSPS) is 12.0. The number of rotatable bonds is 8. The first kappa shape index (κ1) is 37.2. The molecule has 12 heteroatoms. The largest absolute Gasteiger partial charge is 0.505 e. The number of carbonyl (C=O) groups is 2. The van der Waals surface area contributed by atoms with Gasteiger partial charge in [-0.2, -0.15) is 10.2 Å². The summed E-state index contributed by atoms with van der Waals surface area (Å²) in [5.41, 5.74) is 6.46. The monoisotopic (exact) mass is 812 g/mol. The SMILES string of the molecule is O=C(Nc1ccccc1Cl)c1cc2ccccc2c(/N=N/c2ccc3c(c2)Cc2cc(/N=N/c4c(O)c(C(=O)Nc5ccccc5Cl)cc5ccccc45)ccc2-3)c1O. The zero-order valence-corrected chi connectivity index (χ0v) is 32.3. The number of anilines is 2. The lowest BCUT2D eigenvalue weighted by atomic mass is 10.0. The maximum absolute atomic E-state index is 13.4. The molecule has 0 unspecified atom stereocenters. The first-order valence-electron chi connectivity index (χ1n) is 18.4. The highest BCUT2D eigenvalue weighted by atomic mass is 35.5. The standard InChI is InChI=1S/C47H30Cl2N6O4/c48-38-13-5-7-15-40(38)50-46(58)36-24-26-9-1-3-11-34(26)42(44(36)56)54-52-30-17-19-32-28(22-30)21-29-23-31(18-20-33(29)32)53-55-43-35-12-4-2-10-27(35)25-37(45(43)57)47(59)51-41-16-8-6-14-39(41)49/h1-20,22-25,56-57H,21H2,(H,50,58)(H,51,59)/b54-52+,55-53+. The number of carbonyl (C=O) groups excluding carboxylic acids is 2. The number of hydrogen-bond acceptors (Lipinski definition) is 8. The van der Waals surface area contributed by atoms with Crippen molar-refractivity contribution in [1.29, 1.82) is 0 Å². The third-order valence-corrected chi connectivity index (χ3v) is 10.8. The summed E-state index contributed by atoms with van der Waals surface area (Å²) >= 11 is 12.5. The average Bonchev–Trinajstić information content (AvgIpc) is 3.61. The Morgan fingerprint density at radius 3 is 1.34 bits per heavy atom. The number of fused-ring (bicyclic) bond motifs is 5. The molecule has 8 aromatic rings. The second-order valence-corrected chi connectivity index (χ2v) is 14.6. The third-order valence-electron chi connectivity index (χ3n) is 10.1. The summed E-state index contributed by atoms with van der Waals surface area (Å²) in [6.07, 6.45) is 0.592. The fourth-order valence-corrected chi connectivity index (χ4v) is 7.58. The number of nitrogens with zero attached hydrogens (tertiary/aromatic N) is 4. The molecule has 59 heavy (non-hydrogen) atoms. The van der Waals surface area contributed by atoms with E-state index in [0.717, 1.165) is 22.3 Å². The van der Waals surface area contributed by atoms with Gasteiger partial charge in [0.15, 0.2) is 11.5 Å². The number of halogens is 2. The van der Waals surface area contributed by atoms with Crippen molar-refractivity contribution in [2.75, 3.05) is 10.6 Å². The van der Waals surface area contributed by atoms with Crippen molar-refractivity contribution in [3.63, 3.8) is 0 Å². The van der Waals surface area contributed by atoms with Crippen molar-refractivity contribution in [2.45, 2.75) is 6.42 Å². The quantitative estimate of drug-likeness (QED) is 0.113. The van der Waals surface area contributed by atoms with E-state index in [-0.39, 0.29) is 34.0 Å². The van der Waals surface area contributed by atoms with Crippen LogP contribution in [0.25, 0.3) is 32.7 Å². The summed E-state index contributed by atoms with van der Waals surface area (Å²) in [7, 11) is 0. The predicted molar refractivity (Wildman–Crippen MR) is 233 cm³/mol. The van der Waals surface area contributed by atoms with E-state index in [1.54, 1.807) is 60.7 Å². The molecule has 0 radical (unpaired) electrons.